The van der Waals surface area contributed by atoms with E-state index in [1.165, 1.54) is 49.4 Å². The third-order valence-corrected chi connectivity index (χ3v) is 13.7. The average Bonchev–Trinajstić information content (AvgIpc) is 3.67. The molecule has 0 atom stereocenters. The lowest BCUT2D eigenvalue weighted by molar-refractivity contribution is 0.769. The molecule has 296 valence electrons. The van der Waals surface area contributed by atoms with Gasteiger partial charge in [0.15, 0.2) is 17.5 Å². The van der Waals surface area contributed by atoms with Crippen molar-refractivity contribution < 1.29 is 0 Å². The van der Waals surface area contributed by atoms with Crippen molar-refractivity contribution in [1.82, 2.24) is 19.9 Å². The average molecular weight is 823 g/mol. The molecule has 8 aromatic carbocycles. The lowest BCUT2D eigenvalue weighted by atomic mass is 9.67. The molecule has 1 aliphatic heterocycles. The van der Waals surface area contributed by atoms with E-state index in [0.29, 0.717) is 17.5 Å². The van der Waals surface area contributed by atoms with E-state index in [-0.39, 0.29) is 0 Å². The van der Waals surface area contributed by atoms with Gasteiger partial charge in [-0.3, -0.25) is 4.98 Å². The summed E-state index contributed by atoms with van der Waals surface area (Å²) in [4.78, 5) is 22.3. The smallest absolute Gasteiger partial charge is 0.164 e. The maximum Gasteiger partial charge on any atom is 0.164 e. The van der Waals surface area contributed by atoms with Crippen LogP contribution in [-0.2, 0) is 11.2 Å². The number of nitrogens with zero attached hydrogens (tertiary/aromatic N) is 4. The molecule has 3 heterocycles. The fourth-order valence-corrected chi connectivity index (χ4v) is 10.8. The molecule has 2 aliphatic rings. The Labute approximate surface area is 371 Å². The van der Waals surface area contributed by atoms with Gasteiger partial charge in [0.05, 0.1) is 11.1 Å². The number of fused-ring (bicyclic) bond motifs is 6. The van der Waals surface area contributed by atoms with Gasteiger partial charge in [0.1, 0.15) is 0 Å². The van der Waals surface area contributed by atoms with Crippen LogP contribution in [0.4, 0.5) is 0 Å². The summed E-state index contributed by atoms with van der Waals surface area (Å²) < 4.78 is 0. The molecule has 0 bridgehead atoms. The molecule has 12 rings (SSSR count). The van der Waals surface area contributed by atoms with Crippen molar-refractivity contribution in [3.05, 3.63) is 246 Å². The summed E-state index contributed by atoms with van der Waals surface area (Å²) >= 11 is 1.88. The van der Waals surface area contributed by atoms with Gasteiger partial charge in [-0.2, -0.15) is 0 Å². The Bertz CT molecular complexity index is 3280. The van der Waals surface area contributed by atoms with Crippen LogP contribution < -0.4 is 0 Å². The van der Waals surface area contributed by atoms with E-state index in [4.69, 9.17) is 15.0 Å². The van der Waals surface area contributed by atoms with Crippen molar-refractivity contribution >= 4 is 11.8 Å². The molecular formula is C58H38N4S. The third kappa shape index (κ3) is 6.15. The van der Waals surface area contributed by atoms with Crippen molar-refractivity contribution in [3.63, 3.8) is 0 Å². The van der Waals surface area contributed by atoms with Crippen LogP contribution in [0.25, 0.3) is 78.8 Å². The first kappa shape index (κ1) is 37.1. The summed E-state index contributed by atoms with van der Waals surface area (Å²) in [6, 6.07) is 75.9. The molecule has 4 nitrogen and oxygen atoms in total. The fraction of sp³-hybridized carbons (Fsp3) is 0.0345. The minimum absolute atomic E-state index is 0.629. The SMILES string of the molecule is c1ccc(-c2nc(-c3cccc4c3-c3ccccc3SC4)nc(-c3cc(-c4ccc(-c5ccccn5)cc4)cc4c3-c3ccccc3C4(c3ccccc3)c3ccccc3)n2)cc1. The van der Waals surface area contributed by atoms with Gasteiger partial charge in [0.25, 0.3) is 0 Å². The molecule has 0 unspecified atom stereocenters. The highest BCUT2D eigenvalue weighted by Gasteiger charge is 2.47. The zero-order valence-corrected chi connectivity index (χ0v) is 35.0. The first-order valence-corrected chi connectivity index (χ1v) is 22.3. The van der Waals surface area contributed by atoms with Crippen molar-refractivity contribution in [2.45, 2.75) is 16.1 Å². The van der Waals surface area contributed by atoms with Gasteiger partial charge in [-0.25, -0.2) is 15.0 Å². The largest absolute Gasteiger partial charge is 0.256 e. The molecule has 0 spiro atoms. The molecule has 0 saturated heterocycles. The third-order valence-electron chi connectivity index (χ3n) is 12.6. The van der Waals surface area contributed by atoms with Gasteiger partial charge in [-0.05, 0) is 91.5 Å². The first-order chi connectivity index (χ1) is 31.2. The second-order valence-electron chi connectivity index (χ2n) is 16.1. The standard InChI is InChI=1S/C58H38N4S/c1-4-17-40(18-5-1)55-60-56(47-26-16-19-41-37-63-52-29-13-11-25-46(52)53(41)47)62-57(61-55)48-35-42(38-30-32-39(33-31-38)51-28-14-15-34-59-51)36-50-54(48)45-24-10-12-27-49(45)58(50,43-20-6-2-7-21-43)44-22-8-3-9-23-44/h1-36H,37H2. The van der Waals surface area contributed by atoms with Gasteiger partial charge < -0.3 is 0 Å². The summed E-state index contributed by atoms with van der Waals surface area (Å²) in [5, 5.41) is 0. The lowest BCUT2D eigenvalue weighted by Crippen LogP contribution is -2.28. The van der Waals surface area contributed by atoms with Gasteiger partial charge in [0.2, 0.25) is 0 Å². The summed E-state index contributed by atoms with van der Waals surface area (Å²) in [6.07, 6.45) is 1.84. The minimum Gasteiger partial charge on any atom is -0.256 e. The number of rotatable bonds is 7. The molecule has 5 heteroatoms. The normalized spacial score (nSPS) is 13.1. The monoisotopic (exact) mass is 822 g/mol. The van der Waals surface area contributed by atoms with Crippen molar-refractivity contribution in [3.8, 4) is 78.8 Å². The van der Waals surface area contributed by atoms with E-state index in [9.17, 15) is 0 Å². The van der Waals surface area contributed by atoms with Crippen molar-refractivity contribution in [2.75, 3.05) is 0 Å². The van der Waals surface area contributed by atoms with Crippen LogP contribution in [0.5, 0.6) is 0 Å². The number of benzene rings is 8. The minimum atomic E-state index is -0.634. The Hall–Kier alpha value is -7.73. The van der Waals surface area contributed by atoms with Crippen LogP contribution in [-0.4, -0.2) is 19.9 Å². The van der Waals surface area contributed by atoms with Gasteiger partial charge in [-0.15, -0.1) is 11.8 Å². The van der Waals surface area contributed by atoms with Crippen LogP contribution >= 0.6 is 11.8 Å². The molecule has 0 amide bonds. The first-order valence-electron chi connectivity index (χ1n) is 21.3. The Balaban J connectivity index is 1.18. The van der Waals surface area contributed by atoms with Gasteiger partial charge >= 0.3 is 0 Å². The van der Waals surface area contributed by atoms with E-state index in [1.807, 2.05) is 48.3 Å². The maximum atomic E-state index is 5.58. The molecule has 10 aromatic rings. The molecule has 0 radical (unpaired) electrons. The number of hydrogen-bond donors (Lipinski definition) is 0. The zero-order chi connectivity index (χ0) is 41.7. The molecule has 0 N–H and O–H groups in total. The quantitative estimate of drug-likeness (QED) is 0.160. The fourth-order valence-electron chi connectivity index (χ4n) is 9.79. The van der Waals surface area contributed by atoms with Crippen LogP contribution in [0.2, 0.25) is 0 Å². The van der Waals surface area contributed by atoms with Crippen molar-refractivity contribution in [2.24, 2.45) is 0 Å². The number of aromatic nitrogens is 4. The Morgan fingerprint density at radius 3 is 1.71 bits per heavy atom. The lowest BCUT2D eigenvalue weighted by Gasteiger charge is -2.34. The highest BCUT2D eigenvalue weighted by molar-refractivity contribution is 7.98. The molecule has 0 saturated carbocycles. The van der Waals surface area contributed by atoms with E-state index >= 15 is 0 Å². The molecule has 63 heavy (non-hydrogen) atoms. The predicted octanol–water partition coefficient (Wildman–Crippen LogP) is 14.2. The maximum absolute atomic E-state index is 5.58. The van der Waals surface area contributed by atoms with Gasteiger partial charge in [0, 0.05) is 39.1 Å². The second kappa shape index (κ2) is 15.3. The molecular weight excluding hydrogens is 785 g/mol. The highest BCUT2D eigenvalue weighted by Crippen LogP contribution is 2.59. The van der Waals surface area contributed by atoms with Crippen LogP contribution in [0.1, 0.15) is 27.8 Å². The second-order valence-corrected chi connectivity index (χ2v) is 17.1. The summed E-state index contributed by atoms with van der Waals surface area (Å²) in [7, 11) is 0. The van der Waals surface area contributed by atoms with E-state index < -0.39 is 5.41 Å². The van der Waals surface area contributed by atoms with Gasteiger partial charge in [-0.1, -0.05) is 182 Å². The summed E-state index contributed by atoms with van der Waals surface area (Å²) in [6.45, 7) is 0. The number of hydrogen-bond acceptors (Lipinski definition) is 5. The van der Waals surface area contributed by atoms with Crippen molar-refractivity contribution in [1.29, 1.82) is 0 Å². The van der Waals surface area contributed by atoms with Crippen LogP contribution in [0.15, 0.2) is 223 Å². The van der Waals surface area contributed by atoms with Crippen LogP contribution in [0, 0.1) is 0 Å². The topological polar surface area (TPSA) is 51.6 Å². The zero-order valence-electron chi connectivity index (χ0n) is 34.2. The molecule has 1 aliphatic carbocycles. The highest BCUT2D eigenvalue weighted by atomic mass is 32.2. The van der Waals surface area contributed by atoms with E-state index in [1.54, 1.807) is 0 Å². The molecule has 0 fully saturated rings. The summed E-state index contributed by atoms with van der Waals surface area (Å²) in [5.74, 6) is 2.80. The van der Waals surface area contributed by atoms with E-state index in [0.717, 1.165) is 50.4 Å². The summed E-state index contributed by atoms with van der Waals surface area (Å²) in [5.41, 5.74) is 17.2. The molecule has 2 aromatic heterocycles. The Morgan fingerprint density at radius 2 is 0.984 bits per heavy atom. The predicted molar refractivity (Wildman–Crippen MR) is 257 cm³/mol. The number of thioether (sulfide) groups is 1. The van der Waals surface area contributed by atoms with Crippen LogP contribution in [0.3, 0.4) is 0 Å². The Kier molecular flexibility index (Phi) is 9.01. The number of pyridine rings is 1. The Morgan fingerprint density at radius 1 is 0.381 bits per heavy atom. The van der Waals surface area contributed by atoms with E-state index in [2.05, 4.69) is 187 Å².